The van der Waals surface area contributed by atoms with Crippen LogP contribution in [0.15, 0.2) is 34.8 Å². The van der Waals surface area contributed by atoms with Crippen molar-refractivity contribution < 1.29 is 0 Å². The Labute approximate surface area is 114 Å². The minimum absolute atomic E-state index is 0.916. The molecule has 0 aliphatic carbocycles. The maximum atomic E-state index is 4.49. The van der Waals surface area contributed by atoms with Crippen LogP contribution in [0.1, 0.15) is 18.2 Å². The van der Waals surface area contributed by atoms with Crippen LogP contribution in [0, 0.1) is 0 Å². The van der Waals surface area contributed by atoms with Crippen LogP contribution in [0.25, 0.3) is 11.3 Å². The van der Waals surface area contributed by atoms with Crippen molar-refractivity contribution >= 4 is 27.5 Å². The maximum absolute atomic E-state index is 4.49. The molecule has 0 bridgehead atoms. The van der Waals surface area contributed by atoms with E-state index in [2.05, 4.69) is 50.7 Å². The van der Waals surface area contributed by atoms with Crippen LogP contribution in [-0.2, 0) is 6.54 Å². The highest BCUT2D eigenvalue weighted by atomic mass is 79.9. The molecule has 4 heteroatoms. The van der Waals surface area contributed by atoms with E-state index in [-0.39, 0.29) is 0 Å². The van der Waals surface area contributed by atoms with E-state index < -0.39 is 0 Å². The van der Waals surface area contributed by atoms with Crippen molar-refractivity contribution in [1.82, 2.24) is 9.69 Å². The first-order chi connectivity index (χ1) is 8.29. The van der Waals surface area contributed by atoms with E-state index in [0.717, 1.165) is 35.2 Å². The van der Waals surface area contributed by atoms with Gasteiger partial charge in [0.25, 0.3) is 0 Å². The van der Waals surface area contributed by atoms with E-state index >= 15 is 0 Å². The average Bonchev–Trinajstić information content (AvgIpc) is 2.78. The fourth-order valence-electron chi connectivity index (χ4n) is 1.57. The van der Waals surface area contributed by atoms with Gasteiger partial charge in [-0.3, -0.25) is 0 Å². The second kappa shape index (κ2) is 6.28. The largest absolute Gasteiger partial charge is 0.312 e. The van der Waals surface area contributed by atoms with Crippen LogP contribution in [0.5, 0.6) is 0 Å². The van der Waals surface area contributed by atoms with Crippen molar-refractivity contribution in [2.45, 2.75) is 19.9 Å². The molecular formula is C13H15BrN2S. The highest BCUT2D eigenvalue weighted by Gasteiger charge is 2.04. The molecule has 0 unspecified atom stereocenters. The summed E-state index contributed by atoms with van der Waals surface area (Å²) >= 11 is 5.05. The van der Waals surface area contributed by atoms with E-state index in [9.17, 15) is 0 Å². The smallest absolute Gasteiger partial charge is 0.0844 e. The van der Waals surface area contributed by atoms with Crippen LogP contribution in [0.3, 0.4) is 0 Å². The summed E-state index contributed by atoms with van der Waals surface area (Å²) in [5.41, 5.74) is 2.22. The number of nitrogens with one attached hydrogen (secondary N) is 1. The molecule has 1 heterocycles. The Morgan fingerprint density at radius 1 is 1.35 bits per heavy atom. The molecule has 17 heavy (non-hydrogen) atoms. The SMILES string of the molecule is CCCNCc1cc(-c2cccc(Br)c2)ns1. The maximum Gasteiger partial charge on any atom is 0.0844 e. The predicted molar refractivity (Wildman–Crippen MR) is 77.2 cm³/mol. The second-order valence-corrected chi connectivity index (χ2v) is 5.67. The summed E-state index contributed by atoms with van der Waals surface area (Å²) in [5.74, 6) is 0. The van der Waals surface area contributed by atoms with Crippen molar-refractivity contribution in [1.29, 1.82) is 0 Å². The van der Waals surface area contributed by atoms with Gasteiger partial charge in [-0.15, -0.1) is 0 Å². The Bertz CT molecular complexity index is 482. The zero-order valence-corrected chi connectivity index (χ0v) is 12.1. The molecule has 0 saturated carbocycles. The molecule has 0 saturated heterocycles. The molecule has 0 atom stereocenters. The van der Waals surface area contributed by atoms with Crippen LogP contribution in [0.4, 0.5) is 0 Å². The topological polar surface area (TPSA) is 24.9 Å². The lowest BCUT2D eigenvalue weighted by Gasteiger charge is -1.98. The van der Waals surface area contributed by atoms with Crippen molar-refractivity contribution in [2.75, 3.05) is 6.54 Å². The average molecular weight is 311 g/mol. The monoisotopic (exact) mass is 310 g/mol. The first-order valence-electron chi connectivity index (χ1n) is 5.72. The van der Waals surface area contributed by atoms with E-state index in [0.29, 0.717) is 0 Å². The van der Waals surface area contributed by atoms with E-state index in [1.165, 1.54) is 4.88 Å². The van der Waals surface area contributed by atoms with Gasteiger partial charge in [-0.1, -0.05) is 35.0 Å². The summed E-state index contributed by atoms with van der Waals surface area (Å²) in [6, 6.07) is 10.4. The highest BCUT2D eigenvalue weighted by Crippen LogP contribution is 2.24. The summed E-state index contributed by atoms with van der Waals surface area (Å²) in [6.07, 6.45) is 1.16. The number of hydrogen-bond acceptors (Lipinski definition) is 3. The fraction of sp³-hybridized carbons (Fsp3) is 0.308. The number of benzene rings is 1. The van der Waals surface area contributed by atoms with Gasteiger partial charge in [-0.2, -0.15) is 4.37 Å². The van der Waals surface area contributed by atoms with Crippen LogP contribution < -0.4 is 5.32 Å². The minimum atomic E-state index is 0.916. The number of halogens is 1. The number of rotatable bonds is 5. The third-order valence-electron chi connectivity index (χ3n) is 2.41. The van der Waals surface area contributed by atoms with Gasteiger partial charge in [0.05, 0.1) is 5.69 Å². The van der Waals surface area contributed by atoms with Crippen molar-refractivity contribution in [3.63, 3.8) is 0 Å². The first-order valence-corrected chi connectivity index (χ1v) is 7.28. The molecular weight excluding hydrogens is 296 g/mol. The number of hydrogen-bond donors (Lipinski definition) is 1. The van der Waals surface area contributed by atoms with Gasteiger partial charge in [-0.05, 0) is 42.7 Å². The molecule has 0 radical (unpaired) electrons. The van der Waals surface area contributed by atoms with Gasteiger partial charge in [0.2, 0.25) is 0 Å². The Kier molecular flexibility index (Phi) is 4.71. The Hall–Kier alpha value is -0.710. The zero-order chi connectivity index (χ0) is 12.1. The molecule has 0 amide bonds. The van der Waals surface area contributed by atoms with Crippen LogP contribution in [0.2, 0.25) is 0 Å². The second-order valence-electron chi connectivity index (χ2n) is 3.87. The van der Waals surface area contributed by atoms with Gasteiger partial charge >= 0.3 is 0 Å². The van der Waals surface area contributed by atoms with Crippen molar-refractivity contribution in [2.24, 2.45) is 0 Å². The minimum Gasteiger partial charge on any atom is -0.312 e. The standard InChI is InChI=1S/C13H15BrN2S/c1-2-6-15-9-12-8-13(16-17-12)10-4-3-5-11(14)7-10/h3-5,7-8,15H,2,6,9H2,1H3. The van der Waals surface area contributed by atoms with Gasteiger partial charge < -0.3 is 5.32 Å². The third-order valence-corrected chi connectivity index (χ3v) is 3.68. The highest BCUT2D eigenvalue weighted by molar-refractivity contribution is 9.10. The molecule has 2 rings (SSSR count). The molecule has 0 aliphatic rings. The number of aromatic nitrogens is 1. The van der Waals surface area contributed by atoms with E-state index in [1.54, 1.807) is 11.5 Å². The lowest BCUT2D eigenvalue weighted by Crippen LogP contribution is -2.12. The molecule has 90 valence electrons. The summed E-state index contributed by atoms with van der Waals surface area (Å²) in [7, 11) is 0. The molecule has 0 fully saturated rings. The number of nitrogens with zero attached hydrogens (tertiary/aromatic N) is 1. The van der Waals surface area contributed by atoms with Crippen LogP contribution >= 0.6 is 27.5 Å². The fourth-order valence-corrected chi connectivity index (χ4v) is 2.67. The van der Waals surface area contributed by atoms with Crippen molar-refractivity contribution in [3.05, 3.63) is 39.7 Å². The first kappa shape index (κ1) is 12.7. The summed E-state index contributed by atoms with van der Waals surface area (Å²) in [4.78, 5) is 1.29. The quantitative estimate of drug-likeness (QED) is 0.842. The Balaban J connectivity index is 2.07. The molecule has 1 aromatic heterocycles. The lowest BCUT2D eigenvalue weighted by molar-refractivity contribution is 0.681. The van der Waals surface area contributed by atoms with Gasteiger partial charge in [0.1, 0.15) is 0 Å². The summed E-state index contributed by atoms with van der Waals surface area (Å²) in [6.45, 7) is 4.15. The lowest BCUT2D eigenvalue weighted by atomic mass is 10.1. The molecule has 1 N–H and O–H groups in total. The third kappa shape index (κ3) is 3.63. The normalized spacial score (nSPS) is 10.7. The predicted octanol–water partition coefficient (Wildman–Crippen LogP) is 4.07. The Morgan fingerprint density at radius 2 is 2.24 bits per heavy atom. The van der Waals surface area contributed by atoms with E-state index in [4.69, 9.17) is 0 Å². The summed E-state index contributed by atoms with van der Waals surface area (Å²) in [5, 5.41) is 3.39. The van der Waals surface area contributed by atoms with E-state index in [1.807, 2.05) is 12.1 Å². The molecule has 2 aromatic rings. The molecule has 1 aromatic carbocycles. The van der Waals surface area contributed by atoms with Crippen molar-refractivity contribution in [3.8, 4) is 11.3 Å². The molecule has 0 aliphatic heterocycles. The van der Waals surface area contributed by atoms with Gasteiger partial charge in [0, 0.05) is 21.5 Å². The van der Waals surface area contributed by atoms with Gasteiger partial charge in [0.15, 0.2) is 0 Å². The molecule has 2 nitrogen and oxygen atoms in total. The zero-order valence-electron chi connectivity index (χ0n) is 9.74. The molecule has 0 spiro atoms. The summed E-state index contributed by atoms with van der Waals surface area (Å²) < 4.78 is 5.58. The van der Waals surface area contributed by atoms with Crippen LogP contribution in [-0.4, -0.2) is 10.9 Å². The van der Waals surface area contributed by atoms with Gasteiger partial charge in [-0.25, -0.2) is 0 Å². The Morgan fingerprint density at radius 3 is 3.00 bits per heavy atom.